The molecule has 0 aromatic heterocycles. The number of alkyl halides is 3. The predicted octanol–water partition coefficient (Wildman–Crippen LogP) is 2.71. The zero-order chi connectivity index (χ0) is 27.3. The molecule has 1 heterocycles. The van der Waals surface area contributed by atoms with Crippen molar-refractivity contribution in [2.45, 2.75) is 32.1 Å². The van der Waals surface area contributed by atoms with Gasteiger partial charge in [-0.1, -0.05) is 24.9 Å². The van der Waals surface area contributed by atoms with Gasteiger partial charge in [-0.05, 0) is 48.7 Å². The first-order valence-electron chi connectivity index (χ1n) is 11.5. The lowest BCUT2D eigenvalue weighted by Crippen LogP contribution is -2.43. The number of aryl methyl sites for hydroxylation is 1. The molecule has 37 heavy (non-hydrogen) atoms. The minimum absolute atomic E-state index is 0.118. The van der Waals surface area contributed by atoms with Crippen molar-refractivity contribution >= 4 is 42.0 Å². The quantitative estimate of drug-likeness (QED) is 0.274. The highest BCUT2D eigenvalue weighted by Gasteiger charge is 2.31. The summed E-state index contributed by atoms with van der Waals surface area (Å²) in [6.07, 6.45) is -3.93. The number of rotatable bonds is 7. The van der Waals surface area contributed by atoms with Crippen LogP contribution in [0.4, 0.5) is 29.3 Å². The van der Waals surface area contributed by atoms with E-state index in [1.807, 2.05) is 25.1 Å². The van der Waals surface area contributed by atoms with Gasteiger partial charge in [0.2, 0.25) is 5.91 Å². The van der Waals surface area contributed by atoms with Gasteiger partial charge in [0.15, 0.2) is 0 Å². The number of nitrogens with one attached hydrogen (secondary N) is 3. The largest absolute Gasteiger partial charge is 0.416 e. The van der Waals surface area contributed by atoms with Crippen molar-refractivity contribution in [3.05, 3.63) is 58.7 Å². The molecule has 5 N–H and O–H groups in total. The van der Waals surface area contributed by atoms with Gasteiger partial charge in [0.05, 0.1) is 23.4 Å². The number of nitrogens with two attached hydrogens (primary N) is 1. The highest BCUT2D eigenvalue weighted by molar-refractivity contribution is 7.82. The van der Waals surface area contributed by atoms with E-state index in [4.69, 9.17) is 5.73 Å². The maximum absolute atomic E-state index is 12.9. The van der Waals surface area contributed by atoms with E-state index in [-0.39, 0.29) is 23.3 Å². The number of amides is 4. The van der Waals surface area contributed by atoms with E-state index in [0.29, 0.717) is 31.3 Å². The summed E-state index contributed by atoms with van der Waals surface area (Å²) in [6.45, 7) is 3.38. The SMILES string of the molecule is CNC(=O)N(S)c1cc(CN2CCC(NC(=O)CNC(=O)c3cc(C(F)(F)F)ccc3N)C2)ccc1C. The zero-order valence-electron chi connectivity index (χ0n) is 20.4. The highest BCUT2D eigenvalue weighted by Crippen LogP contribution is 2.31. The molecule has 0 radical (unpaired) electrons. The number of urea groups is 1. The maximum atomic E-state index is 12.9. The van der Waals surface area contributed by atoms with Crippen molar-refractivity contribution < 1.29 is 27.6 Å². The van der Waals surface area contributed by atoms with E-state index in [2.05, 4.69) is 33.7 Å². The molecule has 1 aliphatic rings. The van der Waals surface area contributed by atoms with Crippen molar-refractivity contribution in [2.75, 3.05) is 36.7 Å². The number of carbonyl (C=O) groups excluding carboxylic acids is 3. The minimum Gasteiger partial charge on any atom is -0.398 e. The van der Waals surface area contributed by atoms with E-state index in [0.717, 1.165) is 29.8 Å². The Labute approximate surface area is 218 Å². The fourth-order valence-corrected chi connectivity index (χ4v) is 4.33. The number of hydrogen-bond donors (Lipinski definition) is 5. The Hall–Kier alpha value is -3.45. The predicted molar refractivity (Wildman–Crippen MR) is 137 cm³/mol. The van der Waals surface area contributed by atoms with Crippen molar-refractivity contribution in [2.24, 2.45) is 0 Å². The lowest BCUT2D eigenvalue weighted by atomic mass is 10.1. The van der Waals surface area contributed by atoms with Gasteiger partial charge < -0.3 is 21.7 Å². The fraction of sp³-hybridized carbons (Fsp3) is 0.375. The molecule has 0 spiro atoms. The number of likely N-dealkylation sites (tertiary alicyclic amines) is 1. The minimum atomic E-state index is -4.62. The average Bonchev–Trinajstić information content (AvgIpc) is 3.28. The smallest absolute Gasteiger partial charge is 0.398 e. The van der Waals surface area contributed by atoms with Crippen molar-refractivity contribution in [1.29, 1.82) is 0 Å². The highest BCUT2D eigenvalue weighted by atomic mass is 32.1. The summed E-state index contributed by atoms with van der Waals surface area (Å²) in [6, 6.07) is 7.72. The van der Waals surface area contributed by atoms with E-state index in [1.54, 1.807) is 0 Å². The molecule has 1 unspecified atom stereocenters. The standard InChI is InChI=1S/C24H29F3N6O3S/c1-14-3-4-15(9-20(14)33(37)23(36)29-2)12-32-8-7-17(13-32)31-21(34)11-30-22(35)18-10-16(24(25,26)27)5-6-19(18)28/h3-6,9-10,17,37H,7-8,11-13,28H2,1-2H3,(H,29,36)(H,30,35)(H,31,34). The van der Waals surface area contributed by atoms with E-state index in [9.17, 15) is 27.6 Å². The first-order chi connectivity index (χ1) is 17.4. The van der Waals surface area contributed by atoms with Crippen LogP contribution in [-0.4, -0.2) is 55.5 Å². The van der Waals surface area contributed by atoms with Gasteiger partial charge in [0, 0.05) is 38.4 Å². The van der Waals surface area contributed by atoms with Gasteiger partial charge in [-0.3, -0.25) is 14.5 Å². The second kappa shape index (κ2) is 11.7. The zero-order valence-corrected chi connectivity index (χ0v) is 21.2. The molecule has 1 aliphatic heterocycles. The summed E-state index contributed by atoms with van der Waals surface area (Å²) in [5.74, 6) is -1.32. The van der Waals surface area contributed by atoms with Crippen molar-refractivity contribution in [1.82, 2.24) is 20.9 Å². The summed E-state index contributed by atoms with van der Waals surface area (Å²) in [4.78, 5) is 38.7. The van der Waals surface area contributed by atoms with Gasteiger partial charge in [-0.25, -0.2) is 9.10 Å². The number of nitrogen functional groups attached to an aromatic ring is 1. The molecule has 13 heteroatoms. The third kappa shape index (κ3) is 7.29. The third-order valence-electron chi connectivity index (χ3n) is 5.99. The first-order valence-corrected chi connectivity index (χ1v) is 11.9. The Kier molecular flexibility index (Phi) is 8.92. The average molecular weight is 539 g/mol. The second-order valence-electron chi connectivity index (χ2n) is 8.76. The summed E-state index contributed by atoms with van der Waals surface area (Å²) < 4.78 is 40.0. The molecule has 3 rings (SSSR count). The number of nitrogens with zero attached hydrogens (tertiary/aromatic N) is 2. The molecule has 1 fully saturated rings. The Balaban J connectivity index is 1.51. The van der Waals surface area contributed by atoms with Gasteiger partial charge in [-0.15, -0.1) is 0 Å². The van der Waals surface area contributed by atoms with Gasteiger partial charge in [-0.2, -0.15) is 13.2 Å². The molecule has 200 valence electrons. The lowest BCUT2D eigenvalue weighted by molar-refractivity contribution is -0.137. The van der Waals surface area contributed by atoms with Crippen LogP contribution in [0.25, 0.3) is 0 Å². The molecule has 9 nitrogen and oxygen atoms in total. The topological polar surface area (TPSA) is 120 Å². The number of halogens is 3. The molecule has 0 aliphatic carbocycles. The molecule has 0 saturated carbocycles. The molecular formula is C24H29F3N6O3S. The molecule has 2 aromatic carbocycles. The Morgan fingerprint density at radius 1 is 1.19 bits per heavy atom. The van der Waals surface area contributed by atoms with Crippen LogP contribution in [0.2, 0.25) is 0 Å². The van der Waals surface area contributed by atoms with Crippen LogP contribution in [0, 0.1) is 6.92 Å². The Morgan fingerprint density at radius 3 is 2.59 bits per heavy atom. The van der Waals surface area contributed by atoms with Crippen LogP contribution in [0.3, 0.4) is 0 Å². The van der Waals surface area contributed by atoms with Crippen LogP contribution in [0.5, 0.6) is 0 Å². The number of carbonyl (C=O) groups is 3. The number of benzene rings is 2. The van der Waals surface area contributed by atoms with Crippen LogP contribution in [-0.2, 0) is 17.5 Å². The van der Waals surface area contributed by atoms with Crippen LogP contribution in [0.1, 0.15) is 33.5 Å². The molecule has 2 aromatic rings. The van der Waals surface area contributed by atoms with Crippen LogP contribution in [0.15, 0.2) is 36.4 Å². The number of anilines is 2. The van der Waals surface area contributed by atoms with Gasteiger partial charge in [0.1, 0.15) is 0 Å². The number of thiol groups is 1. The van der Waals surface area contributed by atoms with Gasteiger partial charge >= 0.3 is 12.2 Å². The maximum Gasteiger partial charge on any atom is 0.416 e. The molecule has 4 amide bonds. The Bertz CT molecular complexity index is 1180. The van der Waals surface area contributed by atoms with Crippen LogP contribution < -0.4 is 26.0 Å². The monoisotopic (exact) mass is 538 g/mol. The van der Waals surface area contributed by atoms with E-state index in [1.165, 1.54) is 11.4 Å². The van der Waals surface area contributed by atoms with Crippen molar-refractivity contribution in [3.63, 3.8) is 0 Å². The molecular weight excluding hydrogens is 509 g/mol. The summed E-state index contributed by atoms with van der Waals surface area (Å²) in [5.41, 5.74) is 6.72. The van der Waals surface area contributed by atoms with Crippen molar-refractivity contribution in [3.8, 4) is 0 Å². The first kappa shape index (κ1) is 28.1. The van der Waals surface area contributed by atoms with Gasteiger partial charge in [0.25, 0.3) is 5.91 Å². The summed E-state index contributed by atoms with van der Waals surface area (Å²) in [7, 11) is 1.52. The Morgan fingerprint density at radius 2 is 1.92 bits per heavy atom. The molecule has 0 bridgehead atoms. The molecule has 1 atom stereocenters. The normalized spacial score (nSPS) is 15.8. The lowest BCUT2D eigenvalue weighted by Gasteiger charge is -2.21. The molecule has 1 saturated heterocycles. The number of hydrogen-bond acceptors (Lipinski definition) is 6. The fourth-order valence-electron chi connectivity index (χ4n) is 4.01. The third-order valence-corrected chi connectivity index (χ3v) is 6.38. The summed E-state index contributed by atoms with van der Waals surface area (Å²) in [5, 5.41) is 7.68. The second-order valence-corrected chi connectivity index (χ2v) is 9.16. The van der Waals surface area contributed by atoms with E-state index < -0.39 is 30.1 Å². The summed E-state index contributed by atoms with van der Waals surface area (Å²) >= 11 is 4.27. The van der Waals surface area contributed by atoms with E-state index >= 15 is 0 Å². The van der Waals surface area contributed by atoms with Crippen LogP contribution >= 0.6 is 12.8 Å².